The number of hydrogen-bond donors (Lipinski definition) is 2. The van der Waals surface area contributed by atoms with Gasteiger partial charge >= 0.3 is 0 Å². The van der Waals surface area contributed by atoms with Crippen molar-refractivity contribution < 1.29 is 4.79 Å². The Hall–Kier alpha value is -0.830. The van der Waals surface area contributed by atoms with Gasteiger partial charge in [-0.3, -0.25) is 4.79 Å². The van der Waals surface area contributed by atoms with Crippen LogP contribution < -0.4 is 10.6 Å². The van der Waals surface area contributed by atoms with E-state index in [1.54, 1.807) is 0 Å². The molecule has 0 aromatic carbocycles. The normalized spacial score (nSPS) is 15.3. The molecule has 104 valence electrons. The maximum absolute atomic E-state index is 11.6. The molecule has 18 heavy (non-hydrogen) atoms. The van der Waals surface area contributed by atoms with E-state index in [1.165, 1.54) is 31.3 Å². The summed E-state index contributed by atoms with van der Waals surface area (Å²) in [5.74, 6) is 0.218. The molecule has 3 nitrogen and oxygen atoms in total. The van der Waals surface area contributed by atoms with Crippen LogP contribution in [0.4, 0.5) is 0 Å². The molecule has 0 unspecified atom stereocenters. The molecule has 0 fully saturated rings. The van der Waals surface area contributed by atoms with E-state index >= 15 is 0 Å². The van der Waals surface area contributed by atoms with Crippen molar-refractivity contribution in [2.45, 2.75) is 57.8 Å². The van der Waals surface area contributed by atoms with Gasteiger partial charge in [0.25, 0.3) is 0 Å². The Morgan fingerprint density at radius 1 is 1.22 bits per heavy atom. The van der Waals surface area contributed by atoms with Gasteiger partial charge in [-0.1, -0.05) is 18.1 Å². The summed E-state index contributed by atoms with van der Waals surface area (Å²) < 4.78 is 0. The van der Waals surface area contributed by atoms with E-state index in [4.69, 9.17) is 0 Å². The molecule has 0 saturated heterocycles. The number of hydrogen-bond acceptors (Lipinski definition) is 2. The Morgan fingerprint density at radius 3 is 2.83 bits per heavy atom. The highest BCUT2D eigenvalue weighted by Gasteiger charge is 2.04. The number of carbonyl (C=O) groups excluding carboxylic acids is 1. The van der Waals surface area contributed by atoms with Gasteiger partial charge in [0.1, 0.15) is 0 Å². The van der Waals surface area contributed by atoms with E-state index < -0.39 is 0 Å². The molecule has 2 N–H and O–H groups in total. The quantitative estimate of drug-likeness (QED) is 0.489. The van der Waals surface area contributed by atoms with Crippen LogP contribution in [0, 0.1) is 0 Å². The van der Waals surface area contributed by atoms with Crippen molar-refractivity contribution in [1.82, 2.24) is 10.6 Å². The molecule has 0 atom stereocenters. The van der Waals surface area contributed by atoms with E-state index in [-0.39, 0.29) is 5.91 Å². The number of nitrogens with one attached hydrogen (secondary N) is 2. The van der Waals surface area contributed by atoms with E-state index in [2.05, 4.69) is 16.7 Å². The Morgan fingerprint density at radius 2 is 2.11 bits per heavy atom. The van der Waals surface area contributed by atoms with Gasteiger partial charge in [0.2, 0.25) is 5.91 Å². The third-order valence-corrected chi connectivity index (χ3v) is 3.48. The third kappa shape index (κ3) is 7.49. The Kier molecular flexibility index (Phi) is 8.57. The lowest BCUT2D eigenvalue weighted by Crippen LogP contribution is -2.24. The lowest BCUT2D eigenvalue weighted by atomic mass is 9.97. The van der Waals surface area contributed by atoms with Gasteiger partial charge in [-0.05, 0) is 58.5 Å². The highest BCUT2D eigenvalue weighted by atomic mass is 16.1. The SMILES string of the molecule is CNCCCCCC(=O)NCCC1=CCCCC1. The van der Waals surface area contributed by atoms with Crippen molar-refractivity contribution in [3.05, 3.63) is 11.6 Å². The van der Waals surface area contributed by atoms with Crippen LogP contribution in [0.1, 0.15) is 57.8 Å². The summed E-state index contributed by atoms with van der Waals surface area (Å²) in [6.07, 6.45) is 12.5. The average molecular weight is 252 g/mol. The smallest absolute Gasteiger partial charge is 0.220 e. The fourth-order valence-corrected chi connectivity index (χ4v) is 2.35. The van der Waals surface area contributed by atoms with E-state index in [1.807, 2.05) is 7.05 Å². The molecule has 0 aliphatic heterocycles. The minimum atomic E-state index is 0.218. The Bertz CT molecular complexity index is 261. The van der Waals surface area contributed by atoms with Crippen LogP contribution in [0.5, 0.6) is 0 Å². The largest absolute Gasteiger partial charge is 0.356 e. The zero-order valence-corrected chi connectivity index (χ0v) is 11.8. The highest BCUT2D eigenvalue weighted by molar-refractivity contribution is 5.75. The van der Waals surface area contributed by atoms with Gasteiger partial charge in [-0.25, -0.2) is 0 Å². The molecule has 0 aromatic heterocycles. The van der Waals surface area contributed by atoms with Crippen molar-refractivity contribution in [2.24, 2.45) is 0 Å². The molecule has 3 heteroatoms. The first kappa shape index (κ1) is 15.2. The topological polar surface area (TPSA) is 41.1 Å². The molecule has 0 aromatic rings. The van der Waals surface area contributed by atoms with Crippen molar-refractivity contribution in [3.63, 3.8) is 0 Å². The fraction of sp³-hybridized carbons (Fsp3) is 0.800. The van der Waals surface area contributed by atoms with Crippen LogP contribution in [0.15, 0.2) is 11.6 Å². The standard InChI is InChI=1S/C15H28N2O/c1-16-12-7-3-6-10-15(18)17-13-11-14-8-4-2-5-9-14/h8,16H,2-7,9-13H2,1H3,(H,17,18). The molecule has 0 heterocycles. The van der Waals surface area contributed by atoms with Crippen molar-refractivity contribution >= 4 is 5.91 Å². The van der Waals surface area contributed by atoms with Crippen LogP contribution in [-0.4, -0.2) is 26.0 Å². The van der Waals surface area contributed by atoms with Gasteiger partial charge in [0, 0.05) is 13.0 Å². The first-order chi connectivity index (χ1) is 8.83. The first-order valence-corrected chi connectivity index (χ1v) is 7.42. The van der Waals surface area contributed by atoms with Crippen LogP contribution in [0.3, 0.4) is 0 Å². The summed E-state index contributed by atoms with van der Waals surface area (Å²) in [7, 11) is 1.96. The second-order valence-electron chi connectivity index (χ2n) is 5.12. The second-order valence-corrected chi connectivity index (χ2v) is 5.12. The van der Waals surface area contributed by atoms with E-state index in [9.17, 15) is 4.79 Å². The fourth-order valence-electron chi connectivity index (χ4n) is 2.35. The lowest BCUT2D eigenvalue weighted by Gasteiger charge is -2.12. The zero-order valence-electron chi connectivity index (χ0n) is 11.8. The van der Waals surface area contributed by atoms with E-state index in [0.717, 1.165) is 38.8 Å². The van der Waals surface area contributed by atoms with Crippen LogP contribution >= 0.6 is 0 Å². The molecule has 1 rings (SSSR count). The maximum atomic E-state index is 11.6. The highest BCUT2D eigenvalue weighted by Crippen LogP contribution is 2.19. The molecule has 1 amide bonds. The Labute approximate surface area is 111 Å². The molecule has 0 saturated carbocycles. The zero-order chi connectivity index (χ0) is 13.1. The van der Waals surface area contributed by atoms with Gasteiger partial charge in [-0.15, -0.1) is 0 Å². The van der Waals surface area contributed by atoms with Crippen LogP contribution in [0.25, 0.3) is 0 Å². The third-order valence-electron chi connectivity index (χ3n) is 3.48. The molecular weight excluding hydrogens is 224 g/mol. The minimum Gasteiger partial charge on any atom is -0.356 e. The molecule has 1 aliphatic rings. The molecule has 0 radical (unpaired) electrons. The minimum absolute atomic E-state index is 0.218. The number of rotatable bonds is 9. The molecule has 0 bridgehead atoms. The van der Waals surface area contributed by atoms with E-state index in [0.29, 0.717) is 6.42 Å². The number of unbranched alkanes of at least 4 members (excludes halogenated alkanes) is 2. The van der Waals surface area contributed by atoms with Gasteiger partial charge in [0.15, 0.2) is 0 Å². The van der Waals surface area contributed by atoms with Gasteiger partial charge in [-0.2, -0.15) is 0 Å². The number of carbonyl (C=O) groups is 1. The summed E-state index contributed by atoms with van der Waals surface area (Å²) in [6.45, 7) is 1.87. The predicted molar refractivity (Wildman–Crippen MR) is 76.6 cm³/mol. The number of amides is 1. The van der Waals surface area contributed by atoms with Crippen LogP contribution in [0.2, 0.25) is 0 Å². The summed E-state index contributed by atoms with van der Waals surface area (Å²) in [5, 5.41) is 6.15. The Balaban J connectivity index is 1.94. The van der Waals surface area contributed by atoms with Crippen LogP contribution in [-0.2, 0) is 4.79 Å². The number of allylic oxidation sites excluding steroid dienone is 1. The monoisotopic (exact) mass is 252 g/mol. The summed E-state index contributed by atoms with van der Waals surface area (Å²) in [4.78, 5) is 11.6. The van der Waals surface area contributed by atoms with Gasteiger partial charge < -0.3 is 10.6 Å². The molecule has 0 spiro atoms. The predicted octanol–water partition coefficient (Wildman–Crippen LogP) is 2.77. The van der Waals surface area contributed by atoms with Crippen molar-refractivity contribution in [3.8, 4) is 0 Å². The summed E-state index contributed by atoms with van der Waals surface area (Å²) >= 11 is 0. The van der Waals surface area contributed by atoms with Gasteiger partial charge in [0.05, 0.1) is 0 Å². The maximum Gasteiger partial charge on any atom is 0.220 e. The average Bonchev–Trinajstić information content (AvgIpc) is 2.40. The van der Waals surface area contributed by atoms with Crippen molar-refractivity contribution in [2.75, 3.05) is 20.1 Å². The first-order valence-electron chi connectivity index (χ1n) is 7.42. The molecular formula is C15H28N2O. The second kappa shape index (κ2) is 10.1. The summed E-state index contributed by atoms with van der Waals surface area (Å²) in [6, 6.07) is 0. The lowest BCUT2D eigenvalue weighted by molar-refractivity contribution is -0.121. The van der Waals surface area contributed by atoms with Crippen molar-refractivity contribution in [1.29, 1.82) is 0 Å². The summed E-state index contributed by atoms with van der Waals surface area (Å²) in [5.41, 5.74) is 1.54. The molecule has 1 aliphatic carbocycles.